The van der Waals surface area contributed by atoms with Crippen molar-refractivity contribution in [1.29, 1.82) is 0 Å². The maximum Gasteiger partial charge on any atom is 0.264 e. The summed E-state index contributed by atoms with van der Waals surface area (Å²) in [4.78, 5) is 29.5. The molecular weight excluding hydrogens is 617 g/mol. The normalized spacial score (nSPS) is 14.4. The van der Waals surface area contributed by atoms with Crippen molar-refractivity contribution in [3.63, 3.8) is 0 Å². The van der Waals surface area contributed by atoms with Crippen LogP contribution in [0.1, 0.15) is 75.5 Å². The zero-order valence-electron chi connectivity index (χ0n) is 25.7. The summed E-state index contributed by atoms with van der Waals surface area (Å²) in [6, 6.07) is 17.9. The van der Waals surface area contributed by atoms with Crippen molar-refractivity contribution in [3.8, 4) is 0 Å². The minimum absolute atomic E-state index is 0.0512. The van der Waals surface area contributed by atoms with E-state index in [0.717, 1.165) is 41.1 Å². The van der Waals surface area contributed by atoms with Gasteiger partial charge in [0.2, 0.25) is 11.8 Å². The second kappa shape index (κ2) is 14.8. The van der Waals surface area contributed by atoms with Crippen LogP contribution in [0, 0.1) is 6.92 Å². The first-order chi connectivity index (χ1) is 20.9. The fourth-order valence-electron chi connectivity index (χ4n) is 5.53. The lowest BCUT2D eigenvalue weighted by Gasteiger charge is -2.34. The van der Waals surface area contributed by atoms with Crippen molar-refractivity contribution in [3.05, 3.63) is 93.5 Å². The van der Waals surface area contributed by atoms with Crippen molar-refractivity contribution in [2.24, 2.45) is 0 Å². The quantitative estimate of drug-likeness (QED) is 0.219. The molecule has 1 saturated carbocycles. The first-order valence-electron chi connectivity index (χ1n) is 15.1. The molecular formula is C34H41Cl2N3O4S. The number of benzene rings is 3. The van der Waals surface area contributed by atoms with Crippen molar-refractivity contribution in [2.75, 3.05) is 10.8 Å². The smallest absolute Gasteiger partial charge is 0.264 e. The first kappa shape index (κ1) is 33.8. The molecule has 1 aliphatic carbocycles. The average Bonchev–Trinajstić information content (AvgIpc) is 3.50. The van der Waals surface area contributed by atoms with E-state index in [9.17, 15) is 18.0 Å². The van der Waals surface area contributed by atoms with Gasteiger partial charge in [0.1, 0.15) is 12.6 Å². The highest BCUT2D eigenvalue weighted by atomic mass is 35.5. The van der Waals surface area contributed by atoms with E-state index in [1.165, 1.54) is 17.0 Å². The summed E-state index contributed by atoms with van der Waals surface area (Å²) in [6.07, 6.45) is 4.19. The second-order valence-corrected chi connectivity index (χ2v) is 14.4. The lowest BCUT2D eigenvalue weighted by atomic mass is 10.0. The zero-order chi connectivity index (χ0) is 32.0. The van der Waals surface area contributed by atoms with Crippen molar-refractivity contribution >= 4 is 50.7 Å². The van der Waals surface area contributed by atoms with Crippen LogP contribution >= 0.6 is 23.2 Å². The summed E-state index contributed by atoms with van der Waals surface area (Å²) >= 11 is 13.0. The number of hydrogen-bond donors (Lipinski definition) is 1. The molecule has 0 saturated heterocycles. The molecule has 1 fully saturated rings. The average molecular weight is 659 g/mol. The first-order valence-corrected chi connectivity index (χ1v) is 17.3. The number of nitrogens with zero attached hydrogens (tertiary/aromatic N) is 2. The number of rotatable bonds is 12. The number of sulfonamides is 1. The molecule has 0 bridgehead atoms. The monoisotopic (exact) mass is 657 g/mol. The predicted molar refractivity (Wildman–Crippen MR) is 178 cm³/mol. The summed E-state index contributed by atoms with van der Waals surface area (Å²) in [6.45, 7) is 7.24. The summed E-state index contributed by atoms with van der Waals surface area (Å²) < 4.78 is 29.4. The molecule has 3 aromatic carbocycles. The number of nitrogens with one attached hydrogen (secondary N) is 1. The Hall–Kier alpha value is -3.07. The van der Waals surface area contributed by atoms with Crippen LogP contribution in [-0.2, 0) is 26.2 Å². The molecule has 0 aromatic heterocycles. The number of hydrogen-bond acceptors (Lipinski definition) is 4. The largest absolute Gasteiger partial charge is 0.352 e. The van der Waals surface area contributed by atoms with E-state index in [0.29, 0.717) is 27.7 Å². The minimum atomic E-state index is -4.16. The minimum Gasteiger partial charge on any atom is -0.352 e. The van der Waals surface area contributed by atoms with Gasteiger partial charge in [-0.3, -0.25) is 13.9 Å². The van der Waals surface area contributed by atoms with E-state index in [4.69, 9.17) is 23.2 Å². The van der Waals surface area contributed by atoms with E-state index < -0.39 is 28.5 Å². The summed E-state index contributed by atoms with van der Waals surface area (Å²) in [5.41, 5.74) is 2.79. The van der Waals surface area contributed by atoms with E-state index >= 15 is 0 Å². The molecule has 0 aliphatic heterocycles. The highest BCUT2D eigenvalue weighted by Crippen LogP contribution is 2.30. The van der Waals surface area contributed by atoms with Crippen LogP contribution in [0.25, 0.3) is 0 Å². The van der Waals surface area contributed by atoms with Crippen LogP contribution in [0.3, 0.4) is 0 Å². The lowest BCUT2D eigenvalue weighted by molar-refractivity contribution is -0.140. The van der Waals surface area contributed by atoms with E-state index in [1.807, 2.05) is 26.0 Å². The molecule has 2 amide bonds. The Labute approximate surface area is 271 Å². The second-order valence-electron chi connectivity index (χ2n) is 11.7. The number of anilines is 1. The lowest BCUT2D eigenvalue weighted by Crippen LogP contribution is -2.53. The number of amides is 2. The van der Waals surface area contributed by atoms with Crippen LogP contribution in [0.4, 0.5) is 5.69 Å². The number of carbonyl (C=O) groups excluding carboxylic acids is 2. The highest BCUT2D eigenvalue weighted by molar-refractivity contribution is 7.92. The number of halogens is 2. The van der Waals surface area contributed by atoms with Crippen LogP contribution in [-0.4, -0.2) is 43.8 Å². The van der Waals surface area contributed by atoms with Crippen LogP contribution < -0.4 is 9.62 Å². The van der Waals surface area contributed by atoms with Crippen molar-refractivity contribution in [1.82, 2.24) is 10.2 Å². The third-order valence-electron chi connectivity index (χ3n) is 8.21. The molecule has 10 heteroatoms. The van der Waals surface area contributed by atoms with Gasteiger partial charge >= 0.3 is 0 Å². The predicted octanol–water partition coefficient (Wildman–Crippen LogP) is 7.49. The number of carbonyl (C=O) groups is 2. The molecule has 236 valence electrons. The van der Waals surface area contributed by atoms with Gasteiger partial charge in [-0.25, -0.2) is 8.42 Å². The van der Waals surface area contributed by atoms with Crippen molar-refractivity contribution in [2.45, 2.75) is 89.2 Å². The van der Waals surface area contributed by atoms with Crippen LogP contribution in [0.5, 0.6) is 0 Å². The van der Waals surface area contributed by atoms with Gasteiger partial charge in [0.25, 0.3) is 10.0 Å². The van der Waals surface area contributed by atoms with Gasteiger partial charge in [-0.05, 0) is 74.1 Å². The Morgan fingerprint density at radius 1 is 0.932 bits per heavy atom. The highest BCUT2D eigenvalue weighted by Gasteiger charge is 2.35. The van der Waals surface area contributed by atoms with E-state index in [2.05, 4.69) is 19.2 Å². The Morgan fingerprint density at radius 2 is 1.52 bits per heavy atom. The van der Waals surface area contributed by atoms with Gasteiger partial charge < -0.3 is 10.2 Å². The third-order valence-corrected chi connectivity index (χ3v) is 10.7. The van der Waals surface area contributed by atoms with Gasteiger partial charge in [0, 0.05) is 28.2 Å². The molecule has 1 aliphatic rings. The molecule has 0 radical (unpaired) electrons. The van der Waals surface area contributed by atoms with Gasteiger partial charge in [-0.2, -0.15) is 0 Å². The Kier molecular flexibility index (Phi) is 11.4. The van der Waals surface area contributed by atoms with Gasteiger partial charge in [-0.15, -0.1) is 0 Å². The fraction of sp³-hybridized carbons (Fsp3) is 0.412. The van der Waals surface area contributed by atoms with Gasteiger partial charge in [0.15, 0.2) is 0 Å². The zero-order valence-corrected chi connectivity index (χ0v) is 28.1. The Bertz CT molecular complexity index is 1530. The molecule has 44 heavy (non-hydrogen) atoms. The van der Waals surface area contributed by atoms with E-state index in [-0.39, 0.29) is 29.3 Å². The molecule has 0 heterocycles. The number of aryl methyl sites for hydroxylation is 1. The topological polar surface area (TPSA) is 86.8 Å². The molecule has 1 N–H and O–H groups in total. The Balaban J connectivity index is 1.75. The standard InChI is InChI=1S/C34H41Cl2N3O4S/c1-5-32(34(41)37-26-9-6-7-10-26)38(21-29-30(35)11-8-12-31(29)36)33(40)22-39(27-17-15-25(16-18-27)23(2)3)44(42,43)28-19-13-24(4)14-20-28/h8,11-20,23,26,32H,5-7,9-10,21-22H2,1-4H3,(H,37,41). The van der Waals surface area contributed by atoms with E-state index in [1.54, 1.807) is 42.5 Å². The molecule has 1 atom stereocenters. The molecule has 7 nitrogen and oxygen atoms in total. The van der Waals surface area contributed by atoms with Crippen LogP contribution in [0.15, 0.2) is 71.6 Å². The van der Waals surface area contributed by atoms with Crippen molar-refractivity contribution < 1.29 is 18.0 Å². The van der Waals surface area contributed by atoms with Crippen LogP contribution in [0.2, 0.25) is 10.0 Å². The maximum absolute atomic E-state index is 14.4. The molecule has 1 unspecified atom stereocenters. The summed E-state index contributed by atoms with van der Waals surface area (Å²) in [5, 5.41) is 3.83. The summed E-state index contributed by atoms with van der Waals surface area (Å²) in [5.74, 6) is -0.574. The SMILES string of the molecule is CCC(C(=O)NC1CCCC1)N(Cc1c(Cl)cccc1Cl)C(=O)CN(c1ccc(C(C)C)cc1)S(=O)(=O)c1ccc(C)cc1. The Morgan fingerprint density at radius 3 is 2.07 bits per heavy atom. The van der Waals surface area contributed by atoms with Gasteiger partial charge in [-0.1, -0.05) is 92.7 Å². The molecule has 0 spiro atoms. The maximum atomic E-state index is 14.4. The fourth-order valence-corrected chi connectivity index (χ4v) is 7.46. The van der Waals surface area contributed by atoms with Gasteiger partial charge in [0.05, 0.1) is 10.6 Å². The third kappa shape index (κ3) is 7.95. The molecule has 4 rings (SSSR count). The summed E-state index contributed by atoms with van der Waals surface area (Å²) in [7, 11) is -4.16. The molecule has 3 aromatic rings.